The van der Waals surface area contributed by atoms with Crippen LogP contribution in [-0.2, 0) is 0 Å². The molecule has 3 rings (SSSR count). The molecule has 1 fully saturated rings. The molecule has 2 N–H and O–H groups in total. The number of hydrogen-bond donors (Lipinski definition) is 1. The van der Waals surface area contributed by atoms with Gasteiger partial charge in [-0.2, -0.15) is 0 Å². The van der Waals surface area contributed by atoms with Gasteiger partial charge < -0.3 is 10.6 Å². The number of piperazine rings is 1. The van der Waals surface area contributed by atoms with Crippen LogP contribution in [0.2, 0.25) is 5.02 Å². The molecule has 21 heavy (non-hydrogen) atoms. The standard InChI is InChI=1S/C15H19ClN4S/c16-12-9-14(21-11-12)13(10-17)19-5-7-20(8-6-19)15-3-1-2-4-18-15/h1-4,9,11,13H,5-8,10,17H2. The molecule has 6 heteroatoms. The highest BCUT2D eigenvalue weighted by molar-refractivity contribution is 7.10. The Kier molecular flexibility index (Phi) is 4.75. The highest BCUT2D eigenvalue weighted by atomic mass is 35.5. The lowest BCUT2D eigenvalue weighted by Gasteiger charge is -2.39. The Morgan fingerprint density at radius 2 is 2.10 bits per heavy atom. The van der Waals surface area contributed by atoms with Crippen LogP contribution in [0.25, 0.3) is 0 Å². The molecule has 1 atom stereocenters. The topological polar surface area (TPSA) is 45.4 Å². The van der Waals surface area contributed by atoms with E-state index in [1.807, 2.05) is 29.8 Å². The van der Waals surface area contributed by atoms with Gasteiger partial charge in [0, 0.05) is 49.2 Å². The molecule has 112 valence electrons. The third-order valence-corrected chi connectivity index (χ3v) is 5.25. The van der Waals surface area contributed by atoms with Crippen molar-refractivity contribution in [1.82, 2.24) is 9.88 Å². The van der Waals surface area contributed by atoms with Crippen molar-refractivity contribution in [3.05, 3.63) is 45.7 Å². The van der Waals surface area contributed by atoms with Crippen LogP contribution in [0.1, 0.15) is 10.9 Å². The summed E-state index contributed by atoms with van der Waals surface area (Å²) in [4.78, 5) is 10.5. The number of hydrogen-bond acceptors (Lipinski definition) is 5. The Bertz CT molecular complexity index is 566. The van der Waals surface area contributed by atoms with Crippen molar-refractivity contribution in [3.63, 3.8) is 0 Å². The van der Waals surface area contributed by atoms with E-state index in [0.717, 1.165) is 37.0 Å². The number of nitrogens with two attached hydrogens (primary N) is 1. The van der Waals surface area contributed by atoms with E-state index in [4.69, 9.17) is 17.3 Å². The van der Waals surface area contributed by atoms with E-state index in [1.165, 1.54) is 4.88 Å². The van der Waals surface area contributed by atoms with E-state index in [1.54, 1.807) is 11.3 Å². The average molecular weight is 323 g/mol. The summed E-state index contributed by atoms with van der Waals surface area (Å²) in [5.74, 6) is 1.06. The van der Waals surface area contributed by atoms with Crippen LogP contribution >= 0.6 is 22.9 Å². The van der Waals surface area contributed by atoms with Crippen molar-refractivity contribution >= 4 is 28.8 Å². The minimum Gasteiger partial charge on any atom is -0.354 e. The second-order valence-electron chi connectivity index (χ2n) is 5.13. The number of thiophene rings is 1. The Hall–Kier alpha value is -1.14. The molecule has 0 amide bonds. The maximum atomic E-state index is 6.04. The fourth-order valence-corrected chi connectivity index (χ4v) is 3.98. The zero-order valence-corrected chi connectivity index (χ0v) is 13.4. The molecule has 1 aliphatic heterocycles. The molecule has 0 spiro atoms. The monoisotopic (exact) mass is 322 g/mol. The summed E-state index contributed by atoms with van der Waals surface area (Å²) < 4.78 is 0. The molecule has 0 bridgehead atoms. The van der Waals surface area contributed by atoms with E-state index in [0.29, 0.717) is 6.54 Å². The highest BCUT2D eigenvalue weighted by Crippen LogP contribution is 2.29. The van der Waals surface area contributed by atoms with Crippen molar-refractivity contribution < 1.29 is 0 Å². The average Bonchev–Trinajstić information content (AvgIpc) is 2.96. The van der Waals surface area contributed by atoms with Gasteiger partial charge in [-0.25, -0.2) is 4.98 Å². The molecule has 1 saturated heterocycles. The molecular formula is C15H19ClN4S. The van der Waals surface area contributed by atoms with Gasteiger partial charge in [-0.15, -0.1) is 11.3 Å². The van der Waals surface area contributed by atoms with Crippen LogP contribution in [0, 0.1) is 0 Å². The summed E-state index contributed by atoms with van der Waals surface area (Å²) in [6, 6.07) is 8.35. The number of nitrogens with zero attached hydrogens (tertiary/aromatic N) is 3. The first-order valence-electron chi connectivity index (χ1n) is 7.12. The maximum absolute atomic E-state index is 6.04. The molecule has 0 aromatic carbocycles. The second kappa shape index (κ2) is 6.75. The molecule has 1 unspecified atom stereocenters. The maximum Gasteiger partial charge on any atom is 0.128 e. The van der Waals surface area contributed by atoms with Gasteiger partial charge in [0.15, 0.2) is 0 Å². The lowest BCUT2D eigenvalue weighted by molar-refractivity contribution is 0.192. The van der Waals surface area contributed by atoms with Crippen LogP contribution < -0.4 is 10.6 Å². The summed E-state index contributed by atoms with van der Waals surface area (Å²) in [5, 5.41) is 2.78. The number of pyridine rings is 1. The molecule has 2 aromatic rings. The van der Waals surface area contributed by atoms with E-state index < -0.39 is 0 Å². The quantitative estimate of drug-likeness (QED) is 0.940. The van der Waals surface area contributed by atoms with Gasteiger partial charge in [-0.3, -0.25) is 4.90 Å². The second-order valence-corrected chi connectivity index (χ2v) is 6.51. The molecule has 2 aromatic heterocycles. The SMILES string of the molecule is NCC(c1cc(Cl)cs1)N1CCN(c2ccccn2)CC1. The van der Waals surface area contributed by atoms with Crippen LogP contribution in [0.5, 0.6) is 0 Å². The first-order valence-corrected chi connectivity index (χ1v) is 8.37. The Labute approximate surface area is 134 Å². The van der Waals surface area contributed by atoms with Crippen LogP contribution in [0.4, 0.5) is 5.82 Å². The number of rotatable bonds is 4. The molecule has 1 aliphatic rings. The van der Waals surface area contributed by atoms with Crippen molar-refractivity contribution in [3.8, 4) is 0 Å². The van der Waals surface area contributed by atoms with Crippen molar-refractivity contribution in [2.24, 2.45) is 5.73 Å². The highest BCUT2D eigenvalue weighted by Gasteiger charge is 2.25. The molecule has 4 nitrogen and oxygen atoms in total. The van der Waals surface area contributed by atoms with Gasteiger partial charge in [0.2, 0.25) is 0 Å². The number of anilines is 1. The minimum atomic E-state index is 0.272. The first kappa shape index (κ1) is 14.8. The third-order valence-electron chi connectivity index (χ3n) is 3.87. The zero-order valence-electron chi connectivity index (χ0n) is 11.8. The Morgan fingerprint density at radius 3 is 2.67 bits per heavy atom. The van der Waals surface area contributed by atoms with Crippen molar-refractivity contribution in [2.75, 3.05) is 37.6 Å². The van der Waals surface area contributed by atoms with Gasteiger partial charge in [0.1, 0.15) is 5.82 Å². The lowest BCUT2D eigenvalue weighted by atomic mass is 10.1. The summed E-state index contributed by atoms with van der Waals surface area (Å²) in [5.41, 5.74) is 5.99. The van der Waals surface area contributed by atoms with E-state index in [2.05, 4.69) is 20.9 Å². The Morgan fingerprint density at radius 1 is 1.29 bits per heavy atom. The van der Waals surface area contributed by atoms with Gasteiger partial charge in [-0.1, -0.05) is 17.7 Å². The summed E-state index contributed by atoms with van der Waals surface area (Å²) in [6.07, 6.45) is 1.85. The Balaban J connectivity index is 1.64. The van der Waals surface area contributed by atoms with Gasteiger partial charge >= 0.3 is 0 Å². The first-order chi connectivity index (χ1) is 10.3. The van der Waals surface area contributed by atoms with Gasteiger partial charge in [-0.05, 0) is 18.2 Å². The minimum absolute atomic E-state index is 0.272. The normalized spacial score (nSPS) is 17.9. The van der Waals surface area contributed by atoms with Crippen LogP contribution in [-0.4, -0.2) is 42.6 Å². The van der Waals surface area contributed by atoms with E-state index in [-0.39, 0.29) is 6.04 Å². The smallest absolute Gasteiger partial charge is 0.128 e. The molecule has 3 heterocycles. The fourth-order valence-electron chi connectivity index (χ4n) is 2.75. The van der Waals surface area contributed by atoms with Gasteiger partial charge in [0.05, 0.1) is 11.1 Å². The largest absolute Gasteiger partial charge is 0.354 e. The summed E-state index contributed by atoms with van der Waals surface area (Å²) >= 11 is 7.73. The summed E-state index contributed by atoms with van der Waals surface area (Å²) in [7, 11) is 0. The van der Waals surface area contributed by atoms with Crippen LogP contribution in [0.3, 0.4) is 0 Å². The predicted molar refractivity (Wildman–Crippen MR) is 89.1 cm³/mol. The zero-order chi connectivity index (χ0) is 14.7. The van der Waals surface area contributed by atoms with Crippen molar-refractivity contribution in [2.45, 2.75) is 6.04 Å². The molecule has 0 saturated carbocycles. The van der Waals surface area contributed by atoms with E-state index in [9.17, 15) is 0 Å². The fraction of sp³-hybridized carbons (Fsp3) is 0.400. The molecule has 0 aliphatic carbocycles. The number of halogens is 1. The molecular weight excluding hydrogens is 304 g/mol. The van der Waals surface area contributed by atoms with Crippen LogP contribution in [0.15, 0.2) is 35.8 Å². The number of aromatic nitrogens is 1. The molecule has 0 radical (unpaired) electrons. The van der Waals surface area contributed by atoms with Gasteiger partial charge in [0.25, 0.3) is 0 Å². The predicted octanol–water partition coefficient (Wildman–Crippen LogP) is 2.62. The summed E-state index contributed by atoms with van der Waals surface area (Å²) in [6.45, 7) is 4.57. The lowest BCUT2D eigenvalue weighted by Crippen LogP contribution is -2.49. The van der Waals surface area contributed by atoms with Crippen molar-refractivity contribution in [1.29, 1.82) is 0 Å². The third kappa shape index (κ3) is 3.37. The van der Waals surface area contributed by atoms with E-state index >= 15 is 0 Å².